The van der Waals surface area contributed by atoms with Gasteiger partial charge in [0.15, 0.2) is 6.04 Å². The van der Waals surface area contributed by atoms with E-state index in [1.54, 1.807) is 49.7 Å². The highest BCUT2D eigenvalue weighted by Gasteiger charge is 2.26. The van der Waals surface area contributed by atoms with Gasteiger partial charge in [-0.15, -0.1) is 0 Å². The lowest BCUT2D eigenvalue weighted by Crippen LogP contribution is -2.35. The molecule has 2 aromatic rings. The van der Waals surface area contributed by atoms with Gasteiger partial charge in [-0.05, 0) is 24.1 Å². The fourth-order valence-electron chi connectivity index (χ4n) is 3.05. The summed E-state index contributed by atoms with van der Waals surface area (Å²) >= 11 is 0. The second-order valence-corrected chi connectivity index (χ2v) is 8.62. The highest BCUT2D eigenvalue weighted by Crippen LogP contribution is 2.17. The van der Waals surface area contributed by atoms with E-state index < -0.39 is 22.0 Å². The summed E-state index contributed by atoms with van der Waals surface area (Å²) in [5.74, 6) is -0.913. The standard InChI is InChI=1S/C20H28N4O5S/c1-5-24(6-2)30(27,28)16-10-7-15(8-11-16)9-12-18(25)22-19(20(26)29-4)17-13-21-14-23(17)3/h7-8,10-11,13-14,19H,5-6,9,12H2,1-4H3,(H,22,25)/t19-/m0/s1. The van der Waals surface area contributed by atoms with Crippen LogP contribution in [0.4, 0.5) is 0 Å². The molecule has 0 radical (unpaired) electrons. The van der Waals surface area contributed by atoms with E-state index in [1.807, 2.05) is 0 Å². The maximum atomic E-state index is 12.5. The number of carbonyl (C=O) groups is 2. The van der Waals surface area contributed by atoms with Gasteiger partial charge in [-0.25, -0.2) is 18.2 Å². The molecule has 1 aromatic carbocycles. The smallest absolute Gasteiger partial charge is 0.334 e. The first-order valence-corrected chi connectivity index (χ1v) is 11.1. The number of esters is 1. The van der Waals surface area contributed by atoms with Crippen molar-refractivity contribution in [3.8, 4) is 0 Å². The third-order valence-corrected chi connectivity index (χ3v) is 6.86. The number of methoxy groups -OCH3 is 1. The number of amides is 1. The molecular weight excluding hydrogens is 408 g/mol. The van der Waals surface area contributed by atoms with E-state index in [1.165, 1.54) is 23.9 Å². The van der Waals surface area contributed by atoms with Gasteiger partial charge < -0.3 is 14.6 Å². The van der Waals surface area contributed by atoms with Crippen LogP contribution in [0.15, 0.2) is 41.7 Å². The number of ether oxygens (including phenoxy) is 1. The molecule has 1 N–H and O–H groups in total. The molecule has 30 heavy (non-hydrogen) atoms. The summed E-state index contributed by atoms with van der Waals surface area (Å²) in [5.41, 5.74) is 1.33. The predicted octanol–water partition coefficient (Wildman–Crippen LogP) is 1.41. The van der Waals surface area contributed by atoms with Crippen LogP contribution in [0, 0.1) is 0 Å². The van der Waals surface area contributed by atoms with Crippen molar-refractivity contribution in [1.82, 2.24) is 19.2 Å². The van der Waals surface area contributed by atoms with Gasteiger partial charge in [-0.2, -0.15) is 4.31 Å². The van der Waals surface area contributed by atoms with Crippen molar-refractivity contribution in [2.75, 3.05) is 20.2 Å². The number of hydrogen-bond donors (Lipinski definition) is 1. The van der Waals surface area contributed by atoms with Gasteiger partial charge in [0.05, 0.1) is 30.2 Å². The minimum absolute atomic E-state index is 0.132. The Balaban J connectivity index is 2.02. The summed E-state index contributed by atoms with van der Waals surface area (Å²) in [5, 5.41) is 2.67. The lowest BCUT2D eigenvalue weighted by atomic mass is 10.1. The van der Waals surface area contributed by atoms with E-state index in [0.29, 0.717) is 25.2 Å². The molecule has 0 unspecified atom stereocenters. The number of nitrogens with zero attached hydrogens (tertiary/aromatic N) is 3. The van der Waals surface area contributed by atoms with Crippen LogP contribution < -0.4 is 5.32 Å². The number of carbonyl (C=O) groups excluding carboxylic acids is 2. The maximum absolute atomic E-state index is 12.5. The Hall–Kier alpha value is -2.72. The Morgan fingerprint density at radius 1 is 1.20 bits per heavy atom. The first-order chi connectivity index (χ1) is 14.2. The summed E-state index contributed by atoms with van der Waals surface area (Å²) in [7, 11) is -0.536. The van der Waals surface area contributed by atoms with Crippen molar-refractivity contribution in [3.05, 3.63) is 48.0 Å². The third-order valence-electron chi connectivity index (χ3n) is 4.80. The summed E-state index contributed by atoms with van der Waals surface area (Å²) < 4.78 is 32.9. The maximum Gasteiger partial charge on any atom is 0.334 e. The zero-order valence-electron chi connectivity index (χ0n) is 17.7. The predicted molar refractivity (Wildman–Crippen MR) is 111 cm³/mol. The van der Waals surface area contributed by atoms with E-state index >= 15 is 0 Å². The van der Waals surface area contributed by atoms with Gasteiger partial charge in [0.25, 0.3) is 0 Å². The van der Waals surface area contributed by atoms with Crippen LogP contribution in [-0.4, -0.2) is 54.3 Å². The average molecular weight is 437 g/mol. The van der Waals surface area contributed by atoms with Gasteiger partial charge in [-0.3, -0.25) is 4.79 Å². The van der Waals surface area contributed by atoms with Crippen LogP contribution in [0.3, 0.4) is 0 Å². The first kappa shape index (κ1) is 23.6. The number of nitrogens with one attached hydrogen (secondary N) is 1. The van der Waals surface area contributed by atoms with E-state index in [9.17, 15) is 18.0 Å². The van der Waals surface area contributed by atoms with Gasteiger partial charge >= 0.3 is 5.97 Å². The van der Waals surface area contributed by atoms with Crippen LogP contribution in [-0.2, 0) is 37.8 Å². The van der Waals surface area contributed by atoms with E-state index in [4.69, 9.17) is 4.74 Å². The van der Waals surface area contributed by atoms with E-state index in [2.05, 4.69) is 10.3 Å². The zero-order chi connectivity index (χ0) is 22.3. The van der Waals surface area contributed by atoms with E-state index in [-0.39, 0.29) is 17.2 Å². The molecule has 0 aliphatic heterocycles. The van der Waals surface area contributed by atoms with Crippen molar-refractivity contribution in [2.45, 2.75) is 37.6 Å². The van der Waals surface area contributed by atoms with Gasteiger partial charge in [0.1, 0.15) is 0 Å². The first-order valence-electron chi connectivity index (χ1n) is 9.67. The SMILES string of the molecule is CCN(CC)S(=O)(=O)c1ccc(CCC(=O)N[C@H](C(=O)OC)c2cncn2C)cc1. The second-order valence-electron chi connectivity index (χ2n) is 6.69. The molecule has 0 saturated carbocycles. The Labute approximate surface area is 177 Å². The molecule has 9 nitrogen and oxygen atoms in total. The number of aryl methyl sites for hydroxylation is 2. The van der Waals surface area contributed by atoms with Crippen LogP contribution >= 0.6 is 0 Å². The fourth-order valence-corrected chi connectivity index (χ4v) is 4.51. The number of rotatable bonds is 10. The summed E-state index contributed by atoms with van der Waals surface area (Å²) in [6.45, 7) is 4.39. The molecule has 1 atom stereocenters. The second kappa shape index (κ2) is 10.4. The quantitative estimate of drug-likeness (QED) is 0.564. The van der Waals surface area contributed by atoms with Crippen LogP contribution in [0.2, 0.25) is 0 Å². The van der Waals surface area contributed by atoms with Gasteiger partial charge in [0.2, 0.25) is 15.9 Å². The normalized spacial score (nSPS) is 12.6. The molecule has 0 fully saturated rings. The number of sulfonamides is 1. The highest BCUT2D eigenvalue weighted by atomic mass is 32.2. The van der Waals surface area contributed by atoms with Gasteiger partial charge in [-0.1, -0.05) is 26.0 Å². The van der Waals surface area contributed by atoms with Crippen LogP contribution in [0.25, 0.3) is 0 Å². The Kier molecular flexibility index (Phi) is 8.13. The minimum atomic E-state index is -3.51. The fraction of sp³-hybridized carbons (Fsp3) is 0.450. The summed E-state index contributed by atoms with van der Waals surface area (Å²) in [4.78, 5) is 28.7. The number of hydrogen-bond acceptors (Lipinski definition) is 6. The number of aromatic nitrogens is 2. The van der Waals surface area contributed by atoms with Gasteiger partial charge in [0, 0.05) is 26.6 Å². The van der Waals surface area contributed by atoms with Crippen LogP contribution in [0.5, 0.6) is 0 Å². The average Bonchev–Trinajstić information content (AvgIpc) is 3.16. The molecule has 0 aliphatic rings. The van der Waals surface area contributed by atoms with Crippen molar-refractivity contribution in [1.29, 1.82) is 0 Å². The molecule has 0 spiro atoms. The minimum Gasteiger partial charge on any atom is -0.467 e. The van der Waals surface area contributed by atoms with Crippen molar-refractivity contribution in [3.63, 3.8) is 0 Å². The Bertz CT molecular complexity index is 965. The Morgan fingerprint density at radius 2 is 1.83 bits per heavy atom. The monoisotopic (exact) mass is 436 g/mol. The summed E-state index contributed by atoms with van der Waals surface area (Å²) in [6.07, 6.45) is 3.56. The highest BCUT2D eigenvalue weighted by molar-refractivity contribution is 7.89. The molecule has 1 amide bonds. The molecular formula is C20H28N4O5S. The molecule has 1 heterocycles. The molecule has 1 aromatic heterocycles. The van der Waals surface area contributed by atoms with Crippen molar-refractivity contribution in [2.24, 2.45) is 7.05 Å². The summed E-state index contributed by atoms with van der Waals surface area (Å²) in [6, 6.07) is 5.55. The Morgan fingerprint density at radius 3 is 2.33 bits per heavy atom. The van der Waals surface area contributed by atoms with Crippen LogP contribution in [0.1, 0.15) is 37.6 Å². The molecule has 164 valence electrons. The number of benzene rings is 1. The number of imidazole rings is 1. The molecule has 0 bridgehead atoms. The molecule has 0 saturated heterocycles. The molecule has 2 rings (SSSR count). The van der Waals surface area contributed by atoms with Crippen molar-refractivity contribution < 1.29 is 22.7 Å². The molecule has 0 aliphatic carbocycles. The van der Waals surface area contributed by atoms with Crippen molar-refractivity contribution >= 4 is 21.9 Å². The zero-order valence-corrected chi connectivity index (χ0v) is 18.5. The topological polar surface area (TPSA) is 111 Å². The lowest BCUT2D eigenvalue weighted by molar-refractivity contribution is -0.145. The lowest BCUT2D eigenvalue weighted by Gasteiger charge is -2.18. The third kappa shape index (κ3) is 5.45. The van der Waals surface area contributed by atoms with E-state index in [0.717, 1.165) is 5.56 Å². The largest absolute Gasteiger partial charge is 0.467 e. The molecule has 10 heteroatoms.